The average Bonchev–Trinajstić information content (AvgIpc) is 2.63. The van der Waals surface area contributed by atoms with Crippen LogP contribution in [0.3, 0.4) is 0 Å². The summed E-state index contributed by atoms with van der Waals surface area (Å²) >= 11 is 0. The minimum atomic E-state index is -0.188. The Morgan fingerprint density at radius 2 is 1.88 bits per heavy atom. The highest BCUT2D eigenvalue weighted by Crippen LogP contribution is 2.17. The van der Waals surface area contributed by atoms with Crippen LogP contribution in [0.25, 0.3) is 0 Å². The van der Waals surface area contributed by atoms with Crippen LogP contribution in [0.5, 0.6) is 0 Å². The fourth-order valence-electron chi connectivity index (χ4n) is 2.48. The summed E-state index contributed by atoms with van der Waals surface area (Å²) in [6.45, 7) is 2.95. The zero-order chi connectivity index (χ0) is 16.9. The quantitative estimate of drug-likeness (QED) is 0.920. The Bertz CT molecular complexity index is 696. The van der Waals surface area contributed by atoms with E-state index in [1.54, 1.807) is 18.2 Å². The maximum atomic E-state index is 12.4. The van der Waals surface area contributed by atoms with Crippen LogP contribution in [0.15, 0.2) is 36.7 Å². The Balaban J connectivity index is 1.69. The summed E-state index contributed by atoms with van der Waals surface area (Å²) in [5, 5.41) is 2.82. The second kappa shape index (κ2) is 7.27. The van der Waals surface area contributed by atoms with E-state index in [1.165, 1.54) is 6.33 Å². The van der Waals surface area contributed by atoms with Gasteiger partial charge in [0.2, 0.25) is 0 Å². The number of anilines is 3. The monoisotopic (exact) mass is 327 g/mol. The molecule has 2 heterocycles. The molecule has 2 aromatic rings. The molecule has 1 N–H and O–H groups in total. The fourth-order valence-corrected chi connectivity index (χ4v) is 2.48. The normalized spacial score (nSPS) is 14.3. The van der Waals surface area contributed by atoms with Crippen molar-refractivity contribution < 1.29 is 9.53 Å². The third-order valence-corrected chi connectivity index (χ3v) is 3.88. The molecule has 0 unspecified atom stereocenters. The van der Waals surface area contributed by atoms with Crippen molar-refractivity contribution in [2.75, 3.05) is 55.5 Å². The Morgan fingerprint density at radius 3 is 2.54 bits per heavy atom. The van der Waals surface area contributed by atoms with Crippen molar-refractivity contribution in [2.24, 2.45) is 0 Å². The van der Waals surface area contributed by atoms with Gasteiger partial charge in [-0.1, -0.05) is 0 Å². The lowest BCUT2D eigenvalue weighted by atomic mass is 10.2. The first kappa shape index (κ1) is 16.2. The number of nitrogens with zero attached hydrogens (tertiary/aromatic N) is 4. The van der Waals surface area contributed by atoms with E-state index < -0.39 is 0 Å². The van der Waals surface area contributed by atoms with Crippen molar-refractivity contribution in [3.05, 3.63) is 42.2 Å². The standard InChI is InChI=1S/C17H21N5O2/c1-21(2)14-5-3-13(4-6-14)17(23)20-15-11-16(19-12-18-15)22-7-9-24-10-8-22/h3-6,11-12H,7-10H2,1-2H3,(H,18,19,20,23). The lowest BCUT2D eigenvalue weighted by Gasteiger charge is -2.27. The molecule has 1 aromatic heterocycles. The van der Waals surface area contributed by atoms with Gasteiger partial charge in [0.05, 0.1) is 13.2 Å². The lowest BCUT2D eigenvalue weighted by Crippen LogP contribution is -2.36. The molecule has 1 saturated heterocycles. The first-order chi connectivity index (χ1) is 11.6. The number of aromatic nitrogens is 2. The average molecular weight is 327 g/mol. The number of hydrogen-bond acceptors (Lipinski definition) is 6. The van der Waals surface area contributed by atoms with Crippen LogP contribution in [-0.4, -0.2) is 56.3 Å². The highest BCUT2D eigenvalue weighted by Gasteiger charge is 2.14. The van der Waals surface area contributed by atoms with Gasteiger partial charge in [-0.3, -0.25) is 4.79 Å². The molecule has 126 valence electrons. The fraction of sp³-hybridized carbons (Fsp3) is 0.353. The topological polar surface area (TPSA) is 70.6 Å². The largest absolute Gasteiger partial charge is 0.378 e. The Labute approximate surface area is 141 Å². The van der Waals surface area contributed by atoms with Crippen molar-refractivity contribution in [3.8, 4) is 0 Å². The minimum Gasteiger partial charge on any atom is -0.378 e. The van der Waals surface area contributed by atoms with Crippen molar-refractivity contribution in [3.63, 3.8) is 0 Å². The number of benzene rings is 1. The van der Waals surface area contributed by atoms with Crippen LogP contribution in [0.2, 0.25) is 0 Å². The molecule has 1 aliphatic rings. The summed E-state index contributed by atoms with van der Waals surface area (Å²) in [6, 6.07) is 9.21. The maximum absolute atomic E-state index is 12.4. The third-order valence-electron chi connectivity index (χ3n) is 3.88. The first-order valence-electron chi connectivity index (χ1n) is 7.87. The van der Waals surface area contributed by atoms with E-state index >= 15 is 0 Å². The van der Waals surface area contributed by atoms with Crippen LogP contribution in [0.1, 0.15) is 10.4 Å². The van der Waals surface area contributed by atoms with E-state index in [2.05, 4.69) is 20.2 Å². The van der Waals surface area contributed by atoms with Gasteiger partial charge in [0, 0.05) is 44.5 Å². The van der Waals surface area contributed by atoms with Gasteiger partial charge in [-0.2, -0.15) is 0 Å². The summed E-state index contributed by atoms with van der Waals surface area (Å²) < 4.78 is 5.34. The van der Waals surface area contributed by atoms with Gasteiger partial charge in [0.15, 0.2) is 0 Å². The van der Waals surface area contributed by atoms with Crippen molar-refractivity contribution >= 4 is 23.2 Å². The number of carbonyl (C=O) groups is 1. The third kappa shape index (κ3) is 3.80. The predicted octanol–water partition coefficient (Wildman–Crippen LogP) is 1.63. The molecule has 0 atom stereocenters. The molecule has 1 aliphatic heterocycles. The summed E-state index contributed by atoms with van der Waals surface area (Å²) in [4.78, 5) is 24.9. The van der Waals surface area contributed by atoms with Crippen LogP contribution < -0.4 is 15.1 Å². The van der Waals surface area contributed by atoms with Crippen molar-refractivity contribution in [1.29, 1.82) is 0 Å². The van der Waals surface area contributed by atoms with Crippen LogP contribution in [-0.2, 0) is 4.74 Å². The van der Waals surface area contributed by atoms with Gasteiger partial charge >= 0.3 is 0 Å². The second-order valence-corrected chi connectivity index (χ2v) is 5.76. The van der Waals surface area contributed by atoms with Gasteiger partial charge in [-0.05, 0) is 24.3 Å². The molecule has 0 spiro atoms. The van der Waals surface area contributed by atoms with E-state index in [-0.39, 0.29) is 5.91 Å². The number of carbonyl (C=O) groups excluding carboxylic acids is 1. The second-order valence-electron chi connectivity index (χ2n) is 5.76. The van der Waals surface area contributed by atoms with Gasteiger partial charge in [0.25, 0.3) is 5.91 Å². The number of ether oxygens (including phenoxy) is 1. The van der Waals surface area contributed by atoms with Crippen LogP contribution in [0, 0.1) is 0 Å². The minimum absolute atomic E-state index is 0.188. The molecule has 7 nitrogen and oxygen atoms in total. The molecule has 24 heavy (non-hydrogen) atoms. The Morgan fingerprint density at radius 1 is 1.17 bits per heavy atom. The molecule has 0 saturated carbocycles. The summed E-state index contributed by atoms with van der Waals surface area (Å²) in [7, 11) is 3.92. The SMILES string of the molecule is CN(C)c1ccc(C(=O)Nc2cc(N3CCOCC3)ncn2)cc1. The summed E-state index contributed by atoms with van der Waals surface area (Å²) in [5.74, 6) is 1.10. The van der Waals surface area contributed by atoms with Gasteiger partial charge in [0.1, 0.15) is 18.0 Å². The highest BCUT2D eigenvalue weighted by atomic mass is 16.5. The Hall–Kier alpha value is -2.67. The number of nitrogens with one attached hydrogen (secondary N) is 1. The zero-order valence-electron chi connectivity index (χ0n) is 13.9. The van der Waals surface area contributed by atoms with Crippen molar-refractivity contribution in [1.82, 2.24) is 9.97 Å². The van der Waals surface area contributed by atoms with E-state index in [4.69, 9.17) is 4.74 Å². The molecule has 3 rings (SSSR count). The van der Waals surface area contributed by atoms with Crippen molar-refractivity contribution in [2.45, 2.75) is 0 Å². The van der Waals surface area contributed by atoms with Crippen LogP contribution >= 0.6 is 0 Å². The molecule has 1 aromatic carbocycles. The molecule has 0 aliphatic carbocycles. The predicted molar refractivity (Wildman–Crippen MR) is 93.8 cm³/mol. The molecular weight excluding hydrogens is 306 g/mol. The number of morpholine rings is 1. The molecule has 0 radical (unpaired) electrons. The highest BCUT2D eigenvalue weighted by molar-refractivity contribution is 6.04. The molecule has 1 fully saturated rings. The zero-order valence-corrected chi connectivity index (χ0v) is 13.9. The summed E-state index contributed by atoms with van der Waals surface area (Å²) in [6.07, 6.45) is 1.47. The van der Waals surface area contributed by atoms with Crippen LogP contribution in [0.4, 0.5) is 17.3 Å². The van der Waals surface area contributed by atoms with E-state index in [0.29, 0.717) is 24.6 Å². The number of hydrogen-bond donors (Lipinski definition) is 1. The number of amides is 1. The number of rotatable bonds is 4. The molecule has 0 bridgehead atoms. The molecular formula is C17H21N5O2. The van der Waals surface area contributed by atoms with E-state index in [0.717, 1.165) is 24.6 Å². The molecule has 1 amide bonds. The van der Waals surface area contributed by atoms with E-state index in [1.807, 2.05) is 31.1 Å². The van der Waals surface area contributed by atoms with E-state index in [9.17, 15) is 4.79 Å². The first-order valence-corrected chi connectivity index (χ1v) is 7.87. The van der Waals surface area contributed by atoms with Gasteiger partial charge in [-0.15, -0.1) is 0 Å². The lowest BCUT2D eigenvalue weighted by molar-refractivity contribution is 0.102. The molecule has 7 heteroatoms. The van der Waals surface area contributed by atoms with Gasteiger partial charge < -0.3 is 19.9 Å². The maximum Gasteiger partial charge on any atom is 0.256 e. The summed E-state index contributed by atoms with van der Waals surface area (Å²) in [5.41, 5.74) is 1.63. The Kier molecular flexibility index (Phi) is 4.90. The van der Waals surface area contributed by atoms with Gasteiger partial charge in [-0.25, -0.2) is 9.97 Å². The smallest absolute Gasteiger partial charge is 0.256 e.